The molecule has 0 fully saturated rings. The molecule has 0 bridgehead atoms. The molecule has 3 rings (SSSR count). The van der Waals surface area contributed by atoms with Crippen LogP contribution in [0.4, 0.5) is 10.5 Å². The van der Waals surface area contributed by atoms with Crippen LogP contribution in [0.1, 0.15) is 37.1 Å². The number of aromatic nitrogens is 1. The highest BCUT2D eigenvalue weighted by atomic mass is 16.3. The zero-order valence-corrected chi connectivity index (χ0v) is 19.6. The number of nitrogens with one attached hydrogen (secondary N) is 1. The summed E-state index contributed by atoms with van der Waals surface area (Å²) in [5.41, 5.74) is 8.39. The number of anilines is 1. The number of carbonyl (C=O) groups is 2. The summed E-state index contributed by atoms with van der Waals surface area (Å²) in [6.07, 6.45) is 5.94. The first-order valence-electron chi connectivity index (χ1n) is 11.0. The number of hydrogen-bond acceptors (Lipinski definition) is 5. The molecule has 4 N–H and O–H groups in total. The largest absolute Gasteiger partial charge is 0.404 e. The van der Waals surface area contributed by atoms with E-state index >= 15 is 0 Å². The number of fused-ring (bicyclic) bond motifs is 1. The van der Waals surface area contributed by atoms with Gasteiger partial charge < -0.3 is 21.1 Å². The normalized spacial score (nSPS) is 16.5. The van der Waals surface area contributed by atoms with Gasteiger partial charge in [-0.2, -0.15) is 0 Å². The van der Waals surface area contributed by atoms with Gasteiger partial charge in [-0.15, -0.1) is 0 Å². The Morgan fingerprint density at radius 1 is 1.38 bits per heavy atom. The molecule has 0 spiro atoms. The van der Waals surface area contributed by atoms with Crippen LogP contribution in [0.3, 0.4) is 0 Å². The first kappa shape index (κ1) is 24.7. The summed E-state index contributed by atoms with van der Waals surface area (Å²) >= 11 is 0. The van der Waals surface area contributed by atoms with Crippen molar-refractivity contribution in [2.75, 3.05) is 11.9 Å². The summed E-state index contributed by atoms with van der Waals surface area (Å²) < 4.78 is 0. The van der Waals surface area contributed by atoms with Gasteiger partial charge in [0.05, 0.1) is 0 Å². The number of rotatable bonds is 4. The standard InChI is InChI=1S/C26H29N5O3/c1-26(2,34)12-11-18-7-8-20-9-10-22(24(32)31(3)23(20)15-18)30-25(33)29-17-19(16-27)14-21-6-4-5-13-28-21/h4-8,13,15-17,22,34H,9-10,14,27H2,1-3H3,(H,30,33). The smallest absolute Gasteiger partial charge is 0.341 e. The van der Waals surface area contributed by atoms with Crippen LogP contribution in [0, 0.1) is 11.8 Å². The zero-order chi connectivity index (χ0) is 24.7. The summed E-state index contributed by atoms with van der Waals surface area (Å²) in [6, 6.07) is 9.83. The minimum absolute atomic E-state index is 0.238. The van der Waals surface area contributed by atoms with Gasteiger partial charge in [-0.25, -0.2) is 9.79 Å². The molecule has 1 aromatic carbocycles. The van der Waals surface area contributed by atoms with Crippen LogP contribution in [-0.4, -0.2) is 46.9 Å². The maximum absolute atomic E-state index is 13.1. The van der Waals surface area contributed by atoms with E-state index in [2.05, 4.69) is 27.1 Å². The average molecular weight is 460 g/mol. The van der Waals surface area contributed by atoms with Crippen LogP contribution in [0.5, 0.6) is 0 Å². The number of hydrogen-bond donors (Lipinski definition) is 3. The Hall–Kier alpha value is -3.96. The average Bonchev–Trinajstić information content (AvgIpc) is 2.92. The topological polar surface area (TPSA) is 121 Å². The summed E-state index contributed by atoms with van der Waals surface area (Å²) in [7, 11) is 1.67. The first-order chi connectivity index (χ1) is 16.2. The Morgan fingerprint density at radius 3 is 2.85 bits per heavy atom. The molecule has 0 aliphatic carbocycles. The van der Waals surface area contributed by atoms with Crippen molar-refractivity contribution < 1.29 is 14.7 Å². The molecule has 0 saturated carbocycles. The van der Waals surface area contributed by atoms with Gasteiger partial charge in [0.25, 0.3) is 0 Å². The molecule has 0 radical (unpaired) electrons. The number of aryl methyl sites for hydroxylation is 1. The third-order valence-corrected chi connectivity index (χ3v) is 5.26. The van der Waals surface area contributed by atoms with E-state index in [-0.39, 0.29) is 5.91 Å². The highest BCUT2D eigenvalue weighted by molar-refractivity contribution is 6.01. The van der Waals surface area contributed by atoms with Gasteiger partial charge >= 0.3 is 6.03 Å². The van der Waals surface area contributed by atoms with Crippen molar-refractivity contribution in [2.45, 2.75) is 44.8 Å². The second-order valence-electron chi connectivity index (χ2n) is 8.59. The molecule has 1 aliphatic heterocycles. The lowest BCUT2D eigenvalue weighted by molar-refractivity contribution is -0.120. The monoisotopic (exact) mass is 459 g/mol. The van der Waals surface area contributed by atoms with Crippen LogP contribution in [-0.2, 0) is 17.6 Å². The number of pyridine rings is 1. The van der Waals surface area contributed by atoms with Gasteiger partial charge in [0.15, 0.2) is 0 Å². The van der Waals surface area contributed by atoms with E-state index in [0.717, 1.165) is 16.9 Å². The number of nitrogens with two attached hydrogens (primary N) is 1. The molecule has 1 aliphatic rings. The molecule has 3 amide bonds. The SMILES string of the molecule is CN1C(=O)C(NC(=O)N=CC(=CN)Cc2ccccn2)CCc2ccc(C#CC(C)(C)O)cc21. The third-order valence-electron chi connectivity index (χ3n) is 5.26. The summed E-state index contributed by atoms with van der Waals surface area (Å²) in [4.78, 5) is 35.2. The number of benzene rings is 1. The molecular weight excluding hydrogens is 430 g/mol. The summed E-state index contributed by atoms with van der Waals surface area (Å²) in [6.45, 7) is 3.22. The number of likely N-dealkylation sites (N-methyl/N-ethyl adjacent to an activating group) is 1. The molecule has 1 unspecified atom stereocenters. The predicted molar refractivity (Wildman–Crippen MR) is 132 cm³/mol. The van der Waals surface area contributed by atoms with E-state index in [0.29, 0.717) is 30.4 Å². The van der Waals surface area contributed by atoms with E-state index in [1.165, 1.54) is 17.3 Å². The highest BCUT2D eigenvalue weighted by Gasteiger charge is 2.29. The van der Waals surface area contributed by atoms with Crippen molar-refractivity contribution in [3.63, 3.8) is 0 Å². The quantitative estimate of drug-likeness (QED) is 0.479. The number of nitrogens with zero attached hydrogens (tertiary/aromatic N) is 3. The Morgan fingerprint density at radius 2 is 2.18 bits per heavy atom. The predicted octanol–water partition coefficient (Wildman–Crippen LogP) is 2.35. The molecule has 2 heterocycles. The van der Waals surface area contributed by atoms with Crippen LogP contribution < -0.4 is 16.0 Å². The molecule has 8 heteroatoms. The van der Waals surface area contributed by atoms with Gasteiger partial charge in [0.2, 0.25) is 5.91 Å². The molecule has 8 nitrogen and oxygen atoms in total. The maximum atomic E-state index is 13.1. The fourth-order valence-electron chi connectivity index (χ4n) is 3.49. The van der Waals surface area contributed by atoms with Crippen LogP contribution >= 0.6 is 0 Å². The van der Waals surface area contributed by atoms with Gasteiger partial charge in [-0.3, -0.25) is 9.78 Å². The fourth-order valence-corrected chi connectivity index (χ4v) is 3.49. The number of aliphatic hydroxyl groups is 1. The van der Waals surface area contributed by atoms with E-state index in [4.69, 9.17) is 5.73 Å². The van der Waals surface area contributed by atoms with Gasteiger partial charge in [-0.1, -0.05) is 24.0 Å². The minimum Gasteiger partial charge on any atom is -0.404 e. The summed E-state index contributed by atoms with van der Waals surface area (Å²) in [5.74, 6) is 5.48. The molecule has 1 atom stereocenters. The first-order valence-corrected chi connectivity index (χ1v) is 11.0. The van der Waals surface area contributed by atoms with E-state index < -0.39 is 17.7 Å². The summed E-state index contributed by atoms with van der Waals surface area (Å²) in [5, 5.41) is 12.5. The number of carbonyl (C=O) groups excluding carboxylic acids is 2. The van der Waals surface area contributed by atoms with Crippen molar-refractivity contribution in [1.29, 1.82) is 0 Å². The van der Waals surface area contributed by atoms with Gasteiger partial charge in [-0.05, 0) is 68.3 Å². The Balaban J connectivity index is 1.68. The minimum atomic E-state index is -1.11. The Labute approximate surface area is 199 Å². The zero-order valence-electron chi connectivity index (χ0n) is 19.6. The molecule has 34 heavy (non-hydrogen) atoms. The van der Waals surface area contributed by atoms with Crippen molar-refractivity contribution in [1.82, 2.24) is 10.3 Å². The molecule has 2 aromatic rings. The van der Waals surface area contributed by atoms with E-state index in [1.54, 1.807) is 27.1 Å². The fraction of sp³-hybridized carbons (Fsp3) is 0.308. The maximum Gasteiger partial charge on any atom is 0.341 e. The number of urea groups is 1. The van der Waals surface area contributed by atoms with Crippen molar-refractivity contribution in [2.24, 2.45) is 10.7 Å². The molecule has 176 valence electrons. The van der Waals surface area contributed by atoms with Crippen molar-refractivity contribution in [3.8, 4) is 11.8 Å². The Bertz CT molecular complexity index is 1170. The second-order valence-corrected chi connectivity index (χ2v) is 8.59. The van der Waals surface area contributed by atoms with Gasteiger partial charge in [0, 0.05) is 42.8 Å². The molecule has 0 saturated heterocycles. The lowest BCUT2D eigenvalue weighted by Crippen LogP contribution is -2.46. The van der Waals surface area contributed by atoms with Gasteiger partial charge in [0.1, 0.15) is 11.6 Å². The number of aliphatic imine (C=N–C) groups is 1. The van der Waals surface area contributed by atoms with Crippen LogP contribution in [0.25, 0.3) is 0 Å². The lowest BCUT2D eigenvalue weighted by Gasteiger charge is -2.21. The van der Waals surface area contributed by atoms with Crippen LogP contribution in [0.15, 0.2) is 59.4 Å². The molecular formula is C26H29N5O3. The third kappa shape index (κ3) is 6.77. The van der Waals surface area contributed by atoms with E-state index in [9.17, 15) is 14.7 Å². The number of amides is 3. The second kappa shape index (κ2) is 10.8. The van der Waals surface area contributed by atoms with Crippen molar-refractivity contribution >= 4 is 23.8 Å². The lowest BCUT2D eigenvalue weighted by atomic mass is 10.0. The molecule has 1 aromatic heterocycles. The highest BCUT2D eigenvalue weighted by Crippen LogP contribution is 2.27. The van der Waals surface area contributed by atoms with Crippen molar-refractivity contribution in [3.05, 3.63) is 71.2 Å². The number of allylic oxidation sites excluding steroid dienone is 1. The van der Waals surface area contributed by atoms with Crippen LogP contribution in [0.2, 0.25) is 0 Å². The van der Waals surface area contributed by atoms with E-state index in [1.807, 2.05) is 36.4 Å². The Kier molecular flexibility index (Phi) is 7.82.